The molecule has 0 radical (unpaired) electrons. The summed E-state index contributed by atoms with van der Waals surface area (Å²) in [7, 11) is 9.64. The summed E-state index contributed by atoms with van der Waals surface area (Å²) in [5.74, 6) is 4.19. The maximum atomic E-state index is 5.58. The lowest BCUT2D eigenvalue weighted by molar-refractivity contribution is 0.324. The molecular formula is C28H32N2O6. The standard InChI is InChI=1S/C28H32N2O6/c1-16-29-25-18(11-17-12-21(31-2)27(35-6)22(13-17)32-3)9-8-10-20(25)26(30-16)19-14-23(33-4)28(36-7)24(15-19)34-5/h11-15H,8-10H2,1-7H3/b18-11+. The molecular weight excluding hydrogens is 460 g/mol. The number of hydrogen-bond acceptors (Lipinski definition) is 8. The molecule has 0 amide bonds. The Kier molecular flexibility index (Phi) is 7.52. The summed E-state index contributed by atoms with van der Waals surface area (Å²) < 4.78 is 33.2. The van der Waals surface area contributed by atoms with Gasteiger partial charge in [0.25, 0.3) is 0 Å². The maximum Gasteiger partial charge on any atom is 0.203 e. The van der Waals surface area contributed by atoms with Crippen LogP contribution in [0.15, 0.2) is 24.3 Å². The van der Waals surface area contributed by atoms with Crippen LogP contribution in [0.3, 0.4) is 0 Å². The van der Waals surface area contributed by atoms with Crippen molar-refractivity contribution >= 4 is 11.6 Å². The molecule has 2 aromatic carbocycles. The van der Waals surface area contributed by atoms with Gasteiger partial charge in [-0.05, 0) is 67.7 Å². The average molecular weight is 493 g/mol. The lowest BCUT2D eigenvalue weighted by Crippen LogP contribution is -2.10. The van der Waals surface area contributed by atoms with Crippen molar-refractivity contribution in [3.05, 3.63) is 46.9 Å². The fraction of sp³-hybridized carbons (Fsp3) is 0.357. The van der Waals surface area contributed by atoms with E-state index in [-0.39, 0.29) is 0 Å². The van der Waals surface area contributed by atoms with Gasteiger partial charge in [-0.1, -0.05) is 0 Å². The SMILES string of the molecule is COc1cc(/C=C2\CCCc3c2nc(C)nc3-c2cc(OC)c(OC)c(OC)c2)cc(OC)c1OC. The van der Waals surface area contributed by atoms with Gasteiger partial charge in [-0.15, -0.1) is 0 Å². The van der Waals surface area contributed by atoms with Crippen molar-refractivity contribution in [2.24, 2.45) is 0 Å². The molecule has 1 aliphatic rings. The quantitative estimate of drug-likeness (QED) is 0.415. The van der Waals surface area contributed by atoms with Gasteiger partial charge in [-0.2, -0.15) is 0 Å². The Morgan fingerprint density at radius 1 is 0.639 bits per heavy atom. The highest BCUT2D eigenvalue weighted by atomic mass is 16.5. The average Bonchev–Trinajstić information content (AvgIpc) is 2.91. The molecule has 3 aromatic rings. The number of methoxy groups -OCH3 is 6. The molecule has 0 saturated heterocycles. The van der Waals surface area contributed by atoms with Gasteiger partial charge < -0.3 is 28.4 Å². The van der Waals surface area contributed by atoms with Crippen LogP contribution in [0.25, 0.3) is 22.9 Å². The molecule has 0 fully saturated rings. The molecule has 0 unspecified atom stereocenters. The summed E-state index contributed by atoms with van der Waals surface area (Å²) in [5, 5.41) is 0. The van der Waals surface area contributed by atoms with Gasteiger partial charge in [-0.25, -0.2) is 9.97 Å². The monoisotopic (exact) mass is 492 g/mol. The van der Waals surface area contributed by atoms with Crippen molar-refractivity contribution in [3.63, 3.8) is 0 Å². The first-order valence-electron chi connectivity index (χ1n) is 11.7. The zero-order chi connectivity index (χ0) is 25.8. The van der Waals surface area contributed by atoms with Gasteiger partial charge in [0, 0.05) is 11.1 Å². The first kappa shape index (κ1) is 25.2. The molecule has 1 aromatic heterocycles. The lowest BCUT2D eigenvalue weighted by Gasteiger charge is -2.22. The summed E-state index contributed by atoms with van der Waals surface area (Å²) in [6.07, 6.45) is 4.88. The highest BCUT2D eigenvalue weighted by Crippen LogP contribution is 2.44. The van der Waals surface area contributed by atoms with Gasteiger partial charge in [0.05, 0.1) is 54.0 Å². The summed E-state index contributed by atoms with van der Waals surface area (Å²) in [4.78, 5) is 9.70. The smallest absolute Gasteiger partial charge is 0.203 e. The number of benzene rings is 2. The van der Waals surface area contributed by atoms with Crippen molar-refractivity contribution in [1.29, 1.82) is 0 Å². The normalized spacial score (nSPS) is 13.7. The second kappa shape index (κ2) is 10.8. The summed E-state index contributed by atoms with van der Waals surface area (Å²) in [5.41, 5.74) is 5.88. The van der Waals surface area contributed by atoms with Crippen LogP contribution in [0.2, 0.25) is 0 Å². The number of rotatable bonds is 8. The molecule has 1 heterocycles. The van der Waals surface area contributed by atoms with Crippen LogP contribution in [-0.4, -0.2) is 52.6 Å². The number of allylic oxidation sites excluding steroid dienone is 1. The molecule has 0 atom stereocenters. The molecule has 36 heavy (non-hydrogen) atoms. The van der Waals surface area contributed by atoms with Crippen LogP contribution in [0.4, 0.5) is 0 Å². The zero-order valence-corrected chi connectivity index (χ0v) is 21.9. The van der Waals surface area contributed by atoms with Crippen LogP contribution in [0.5, 0.6) is 34.5 Å². The molecule has 8 heteroatoms. The molecule has 0 bridgehead atoms. The number of aromatic nitrogens is 2. The third-order valence-electron chi connectivity index (χ3n) is 6.26. The minimum absolute atomic E-state index is 0.548. The van der Waals surface area contributed by atoms with Crippen molar-refractivity contribution < 1.29 is 28.4 Å². The third kappa shape index (κ3) is 4.63. The van der Waals surface area contributed by atoms with E-state index in [1.165, 1.54) is 0 Å². The Morgan fingerprint density at radius 3 is 1.64 bits per heavy atom. The summed E-state index contributed by atoms with van der Waals surface area (Å²) in [6.45, 7) is 1.91. The Labute approximate surface area is 211 Å². The van der Waals surface area contributed by atoms with Crippen LogP contribution < -0.4 is 28.4 Å². The van der Waals surface area contributed by atoms with Gasteiger partial charge >= 0.3 is 0 Å². The van der Waals surface area contributed by atoms with E-state index in [0.717, 1.165) is 52.9 Å². The third-order valence-corrected chi connectivity index (χ3v) is 6.26. The number of aryl methyl sites for hydroxylation is 1. The highest BCUT2D eigenvalue weighted by Gasteiger charge is 2.24. The minimum Gasteiger partial charge on any atom is -0.493 e. The molecule has 0 spiro atoms. The first-order chi connectivity index (χ1) is 17.5. The Balaban J connectivity index is 1.88. The van der Waals surface area contributed by atoms with Crippen molar-refractivity contribution in [1.82, 2.24) is 9.97 Å². The minimum atomic E-state index is 0.548. The van der Waals surface area contributed by atoms with Crippen molar-refractivity contribution in [3.8, 4) is 45.8 Å². The summed E-state index contributed by atoms with van der Waals surface area (Å²) >= 11 is 0. The molecule has 0 saturated carbocycles. The van der Waals surface area contributed by atoms with Gasteiger partial charge in [0.1, 0.15) is 5.82 Å². The fourth-order valence-electron chi connectivity index (χ4n) is 4.66. The van der Waals surface area contributed by atoms with Gasteiger partial charge in [-0.3, -0.25) is 0 Å². The Bertz CT molecular complexity index is 1250. The number of nitrogens with zero attached hydrogens (tertiary/aromatic N) is 2. The summed E-state index contributed by atoms with van der Waals surface area (Å²) in [6, 6.07) is 7.74. The number of fused-ring (bicyclic) bond motifs is 1. The number of ether oxygens (including phenoxy) is 6. The molecule has 0 N–H and O–H groups in total. The molecule has 1 aliphatic carbocycles. The van der Waals surface area contributed by atoms with E-state index >= 15 is 0 Å². The van der Waals surface area contributed by atoms with E-state index in [2.05, 4.69) is 6.08 Å². The largest absolute Gasteiger partial charge is 0.493 e. The Hall–Kier alpha value is -3.94. The maximum absolute atomic E-state index is 5.58. The van der Waals surface area contributed by atoms with Crippen molar-refractivity contribution in [2.75, 3.05) is 42.7 Å². The van der Waals surface area contributed by atoms with E-state index in [4.69, 9.17) is 38.4 Å². The fourth-order valence-corrected chi connectivity index (χ4v) is 4.66. The van der Waals surface area contributed by atoms with Crippen molar-refractivity contribution in [2.45, 2.75) is 26.2 Å². The molecule has 190 valence electrons. The lowest BCUT2D eigenvalue weighted by atomic mass is 9.87. The molecule has 8 nitrogen and oxygen atoms in total. The zero-order valence-electron chi connectivity index (χ0n) is 21.9. The molecule has 4 rings (SSSR count). The highest BCUT2D eigenvalue weighted by molar-refractivity contribution is 5.86. The van der Waals surface area contributed by atoms with E-state index in [9.17, 15) is 0 Å². The van der Waals surface area contributed by atoms with E-state index < -0.39 is 0 Å². The first-order valence-corrected chi connectivity index (χ1v) is 11.7. The van der Waals surface area contributed by atoms with Crippen LogP contribution in [-0.2, 0) is 6.42 Å². The van der Waals surface area contributed by atoms with E-state index in [1.54, 1.807) is 42.7 Å². The second-order valence-corrected chi connectivity index (χ2v) is 8.34. The number of hydrogen-bond donors (Lipinski definition) is 0. The predicted molar refractivity (Wildman–Crippen MR) is 139 cm³/mol. The topological polar surface area (TPSA) is 81.2 Å². The van der Waals surface area contributed by atoms with Crippen LogP contribution in [0, 0.1) is 6.92 Å². The Morgan fingerprint density at radius 2 is 1.14 bits per heavy atom. The van der Waals surface area contributed by atoms with E-state index in [0.29, 0.717) is 40.3 Å². The van der Waals surface area contributed by atoms with E-state index in [1.807, 2.05) is 31.2 Å². The van der Waals surface area contributed by atoms with Gasteiger partial charge in [0.2, 0.25) is 11.5 Å². The van der Waals surface area contributed by atoms with Crippen LogP contribution >= 0.6 is 0 Å². The van der Waals surface area contributed by atoms with Gasteiger partial charge in [0.15, 0.2) is 23.0 Å². The second-order valence-electron chi connectivity index (χ2n) is 8.34. The van der Waals surface area contributed by atoms with Crippen LogP contribution in [0.1, 0.15) is 35.5 Å². The molecule has 0 aliphatic heterocycles. The predicted octanol–water partition coefficient (Wildman–Crippen LogP) is 5.38.